The molecule has 2 rings (SSSR count). The zero-order valence-electron chi connectivity index (χ0n) is 9.98. The van der Waals surface area contributed by atoms with E-state index in [0.29, 0.717) is 5.92 Å². The van der Waals surface area contributed by atoms with Crippen LogP contribution in [-0.2, 0) is 13.0 Å². The number of hydrogen-bond donors (Lipinski definition) is 0. The molecular formula is C12H18N4. The van der Waals surface area contributed by atoms with Gasteiger partial charge in [0.15, 0.2) is 0 Å². The van der Waals surface area contributed by atoms with Gasteiger partial charge in [-0.05, 0) is 32.1 Å². The summed E-state index contributed by atoms with van der Waals surface area (Å²) in [6, 6.07) is 2.52. The van der Waals surface area contributed by atoms with Gasteiger partial charge < -0.3 is 0 Å². The van der Waals surface area contributed by atoms with Crippen LogP contribution in [0.4, 0.5) is 0 Å². The first-order chi connectivity index (χ1) is 7.69. The lowest BCUT2D eigenvalue weighted by atomic mass is 9.83. The predicted molar refractivity (Wildman–Crippen MR) is 60.5 cm³/mol. The maximum Gasteiger partial charge on any atom is 0.138 e. The summed E-state index contributed by atoms with van der Waals surface area (Å²) >= 11 is 0. The fourth-order valence-electron chi connectivity index (χ4n) is 2.69. The Balaban J connectivity index is 2.17. The van der Waals surface area contributed by atoms with Crippen molar-refractivity contribution in [2.75, 3.05) is 0 Å². The number of hydrogen-bond acceptors (Lipinski definition) is 3. The molecule has 0 bridgehead atoms. The first-order valence-electron chi connectivity index (χ1n) is 5.97. The van der Waals surface area contributed by atoms with Gasteiger partial charge in [0.25, 0.3) is 0 Å². The molecule has 1 aliphatic carbocycles. The summed E-state index contributed by atoms with van der Waals surface area (Å²) in [6.45, 7) is 5.10. The fraction of sp³-hybridized carbons (Fsp3) is 0.750. The van der Waals surface area contributed by atoms with Gasteiger partial charge in [-0.2, -0.15) is 10.4 Å². The van der Waals surface area contributed by atoms with Gasteiger partial charge in [-0.15, -0.1) is 0 Å². The molecule has 86 valence electrons. The lowest BCUT2D eigenvalue weighted by molar-refractivity contribution is 0.372. The number of rotatable bonds is 3. The average molecular weight is 218 g/mol. The standard InChI is InChI=1S/C12H18N4/c1-3-16-11(14-9-15-16)7-12(8-13)5-4-10(2)6-12/h9-10H,3-7H2,1-2H3. The highest BCUT2D eigenvalue weighted by Crippen LogP contribution is 2.43. The fourth-order valence-corrected chi connectivity index (χ4v) is 2.69. The minimum absolute atomic E-state index is 0.195. The number of aromatic nitrogens is 3. The van der Waals surface area contributed by atoms with Crippen LogP contribution in [0.5, 0.6) is 0 Å². The van der Waals surface area contributed by atoms with Crippen molar-refractivity contribution < 1.29 is 0 Å². The van der Waals surface area contributed by atoms with Gasteiger partial charge in [-0.3, -0.25) is 4.68 Å². The van der Waals surface area contributed by atoms with E-state index in [2.05, 4.69) is 30.0 Å². The van der Waals surface area contributed by atoms with Gasteiger partial charge in [0.1, 0.15) is 12.2 Å². The zero-order chi connectivity index (χ0) is 11.6. The third-order valence-electron chi connectivity index (χ3n) is 3.58. The largest absolute Gasteiger partial charge is 0.250 e. The smallest absolute Gasteiger partial charge is 0.138 e. The van der Waals surface area contributed by atoms with E-state index >= 15 is 0 Å². The second-order valence-electron chi connectivity index (χ2n) is 4.91. The van der Waals surface area contributed by atoms with Crippen molar-refractivity contribution in [2.45, 2.75) is 46.1 Å². The van der Waals surface area contributed by atoms with Crippen LogP contribution in [0, 0.1) is 22.7 Å². The van der Waals surface area contributed by atoms with Crippen LogP contribution < -0.4 is 0 Å². The molecule has 1 fully saturated rings. The molecule has 2 atom stereocenters. The summed E-state index contributed by atoms with van der Waals surface area (Å²) in [4.78, 5) is 4.27. The van der Waals surface area contributed by atoms with Crippen molar-refractivity contribution in [1.82, 2.24) is 14.8 Å². The molecule has 4 nitrogen and oxygen atoms in total. The van der Waals surface area contributed by atoms with Crippen molar-refractivity contribution >= 4 is 0 Å². The van der Waals surface area contributed by atoms with Gasteiger partial charge in [-0.1, -0.05) is 6.92 Å². The monoisotopic (exact) mass is 218 g/mol. The minimum Gasteiger partial charge on any atom is -0.250 e. The summed E-state index contributed by atoms with van der Waals surface area (Å²) in [7, 11) is 0. The van der Waals surface area contributed by atoms with E-state index in [-0.39, 0.29) is 5.41 Å². The van der Waals surface area contributed by atoms with Crippen molar-refractivity contribution in [2.24, 2.45) is 11.3 Å². The molecule has 0 spiro atoms. The molecule has 2 unspecified atom stereocenters. The average Bonchev–Trinajstić information content (AvgIpc) is 2.86. The van der Waals surface area contributed by atoms with E-state index in [9.17, 15) is 5.26 Å². The van der Waals surface area contributed by atoms with Crippen LogP contribution in [0.2, 0.25) is 0 Å². The third-order valence-corrected chi connectivity index (χ3v) is 3.58. The second kappa shape index (κ2) is 4.25. The van der Waals surface area contributed by atoms with Gasteiger partial charge >= 0.3 is 0 Å². The summed E-state index contributed by atoms with van der Waals surface area (Å²) in [5.74, 6) is 1.62. The van der Waals surface area contributed by atoms with Crippen LogP contribution in [0.1, 0.15) is 38.9 Å². The number of aryl methyl sites for hydroxylation is 1. The number of nitriles is 1. The molecule has 1 heterocycles. The Morgan fingerprint density at radius 1 is 1.69 bits per heavy atom. The molecule has 16 heavy (non-hydrogen) atoms. The first kappa shape index (κ1) is 11.1. The molecule has 1 aromatic rings. The predicted octanol–water partition coefficient (Wildman–Crippen LogP) is 2.17. The molecule has 1 aromatic heterocycles. The lowest BCUT2D eigenvalue weighted by Gasteiger charge is -2.19. The minimum atomic E-state index is -0.195. The molecule has 0 radical (unpaired) electrons. The Bertz CT molecular complexity index is 403. The van der Waals surface area contributed by atoms with Crippen molar-refractivity contribution in [1.29, 1.82) is 5.26 Å². The topological polar surface area (TPSA) is 54.5 Å². The lowest BCUT2D eigenvalue weighted by Crippen LogP contribution is -2.21. The maximum absolute atomic E-state index is 9.39. The Morgan fingerprint density at radius 3 is 3.06 bits per heavy atom. The SMILES string of the molecule is CCn1ncnc1CC1(C#N)CCC(C)C1. The van der Waals surface area contributed by atoms with E-state index in [0.717, 1.165) is 38.1 Å². The summed E-state index contributed by atoms with van der Waals surface area (Å²) < 4.78 is 1.89. The van der Waals surface area contributed by atoms with Crippen LogP contribution in [0.15, 0.2) is 6.33 Å². The van der Waals surface area contributed by atoms with Gasteiger partial charge in [0.2, 0.25) is 0 Å². The van der Waals surface area contributed by atoms with Gasteiger partial charge in [0.05, 0.1) is 11.5 Å². The van der Waals surface area contributed by atoms with Crippen LogP contribution in [0.3, 0.4) is 0 Å². The highest BCUT2D eigenvalue weighted by atomic mass is 15.3. The highest BCUT2D eigenvalue weighted by molar-refractivity contribution is 5.08. The molecule has 0 amide bonds. The van der Waals surface area contributed by atoms with Crippen LogP contribution in [0.25, 0.3) is 0 Å². The van der Waals surface area contributed by atoms with Crippen LogP contribution >= 0.6 is 0 Å². The highest BCUT2D eigenvalue weighted by Gasteiger charge is 2.38. The van der Waals surface area contributed by atoms with E-state index in [1.807, 2.05) is 4.68 Å². The van der Waals surface area contributed by atoms with Crippen LogP contribution in [-0.4, -0.2) is 14.8 Å². The molecule has 0 saturated heterocycles. The second-order valence-corrected chi connectivity index (χ2v) is 4.91. The summed E-state index contributed by atoms with van der Waals surface area (Å²) in [6.07, 6.45) is 5.50. The van der Waals surface area contributed by atoms with Crippen molar-refractivity contribution in [3.8, 4) is 6.07 Å². The molecule has 0 aromatic carbocycles. The Morgan fingerprint density at radius 2 is 2.50 bits per heavy atom. The third kappa shape index (κ3) is 1.95. The van der Waals surface area contributed by atoms with E-state index in [1.165, 1.54) is 0 Å². The molecule has 0 aliphatic heterocycles. The Labute approximate surface area is 96.3 Å². The molecule has 0 N–H and O–H groups in total. The molecule has 4 heteroatoms. The zero-order valence-corrected chi connectivity index (χ0v) is 9.98. The van der Waals surface area contributed by atoms with Gasteiger partial charge in [-0.25, -0.2) is 4.98 Å². The van der Waals surface area contributed by atoms with E-state index < -0.39 is 0 Å². The number of nitrogens with zero attached hydrogens (tertiary/aromatic N) is 4. The quantitative estimate of drug-likeness (QED) is 0.781. The maximum atomic E-state index is 9.39. The first-order valence-corrected chi connectivity index (χ1v) is 5.97. The normalized spacial score (nSPS) is 29.2. The summed E-state index contributed by atoms with van der Waals surface area (Å²) in [5.41, 5.74) is -0.195. The van der Waals surface area contributed by atoms with E-state index in [4.69, 9.17) is 0 Å². The Hall–Kier alpha value is -1.37. The molecule has 1 aliphatic rings. The molecular weight excluding hydrogens is 200 g/mol. The molecule has 1 saturated carbocycles. The van der Waals surface area contributed by atoms with Crippen molar-refractivity contribution in [3.63, 3.8) is 0 Å². The van der Waals surface area contributed by atoms with Crippen molar-refractivity contribution in [3.05, 3.63) is 12.2 Å². The van der Waals surface area contributed by atoms with E-state index in [1.54, 1.807) is 6.33 Å². The van der Waals surface area contributed by atoms with Gasteiger partial charge in [0, 0.05) is 13.0 Å². The summed E-state index contributed by atoms with van der Waals surface area (Å²) in [5, 5.41) is 13.5. The Kier molecular flexibility index (Phi) is 2.95.